The van der Waals surface area contributed by atoms with Crippen LogP contribution < -0.4 is 16.4 Å². The number of hydrogen-bond acceptors (Lipinski definition) is 4. The van der Waals surface area contributed by atoms with E-state index in [0.717, 1.165) is 48.0 Å². The van der Waals surface area contributed by atoms with E-state index in [1.807, 2.05) is 36.5 Å². The first-order valence-electron chi connectivity index (χ1n) is 12.2. The fourth-order valence-corrected chi connectivity index (χ4v) is 4.78. The van der Waals surface area contributed by atoms with Gasteiger partial charge in [-0.3, -0.25) is 9.59 Å². The number of fused-ring (bicyclic) bond motifs is 1. The zero-order chi connectivity index (χ0) is 24.5. The fraction of sp³-hybridized carbons (Fsp3) is 0.444. The zero-order valence-electron chi connectivity index (χ0n) is 20.5. The average Bonchev–Trinajstić information content (AvgIpc) is 3.35. The highest BCUT2D eigenvalue weighted by atomic mass is 16.2. The van der Waals surface area contributed by atoms with Gasteiger partial charge in [0, 0.05) is 29.9 Å². The lowest BCUT2D eigenvalue weighted by molar-refractivity contribution is 0.0951. The Morgan fingerprint density at radius 3 is 2.53 bits per heavy atom. The van der Waals surface area contributed by atoms with E-state index in [1.54, 1.807) is 4.52 Å². The summed E-state index contributed by atoms with van der Waals surface area (Å²) in [5.41, 5.74) is 10.3. The molecule has 4 N–H and O–H groups in total. The molecule has 3 aromatic rings. The van der Waals surface area contributed by atoms with Gasteiger partial charge in [0.25, 0.3) is 11.8 Å². The van der Waals surface area contributed by atoms with Crippen molar-refractivity contribution in [2.45, 2.75) is 59.4 Å². The first kappa shape index (κ1) is 23.8. The smallest absolute Gasteiger partial charge is 0.252 e. The number of primary amides is 1. The third kappa shape index (κ3) is 4.52. The van der Waals surface area contributed by atoms with Crippen molar-refractivity contribution in [2.75, 3.05) is 11.9 Å². The molecular formula is C27H35N5O2. The first-order chi connectivity index (χ1) is 16.2. The minimum Gasteiger partial charge on any atom is -0.379 e. The number of benzene rings is 1. The summed E-state index contributed by atoms with van der Waals surface area (Å²) >= 11 is 0. The number of hydrogen-bond donors (Lipinski definition) is 3. The Labute approximate surface area is 201 Å². The number of nitrogens with zero attached hydrogens (tertiary/aromatic N) is 2. The molecule has 1 aliphatic rings. The number of nitrogens with two attached hydrogens (primary N) is 1. The van der Waals surface area contributed by atoms with Gasteiger partial charge >= 0.3 is 0 Å². The van der Waals surface area contributed by atoms with Gasteiger partial charge in [-0.1, -0.05) is 46.2 Å². The van der Waals surface area contributed by atoms with Gasteiger partial charge in [-0.25, -0.2) is 4.52 Å². The van der Waals surface area contributed by atoms with Crippen molar-refractivity contribution >= 4 is 23.0 Å². The molecule has 0 radical (unpaired) electrons. The highest BCUT2D eigenvalue weighted by Gasteiger charge is 2.41. The number of carbonyl (C=O) groups excluding carboxylic acids is 2. The van der Waals surface area contributed by atoms with E-state index >= 15 is 0 Å². The standard InChI is InChI=1S/C27H35N5O2/c1-5-6-13-29-26(34)19-10-8-18(9-11-19)20-14-22-24(21(25(28)33)15-30-32(22)16-20)31-23-12-7-17(2)27(23,3)4/h8-11,14-17,23,31H,5-7,12-13H2,1-4H3,(H2,28,33)(H,29,34)/t17?,23-/m1/s1. The summed E-state index contributed by atoms with van der Waals surface area (Å²) in [5.74, 6) is 0.0251. The lowest BCUT2D eigenvalue weighted by Crippen LogP contribution is -2.35. The molecule has 180 valence electrons. The molecule has 1 saturated carbocycles. The minimum atomic E-state index is -0.498. The van der Waals surface area contributed by atoms with Crippen LogP contribution in [0.25, 0.3) is 16.6 Å². The predicted molar refractivity (Wildman–Crippen MR) is 136 cm³/mol. The first-order valence-corrected chi connectivity index (χ1v) is 12.2. The monoisotopic (exact) mass is 461 g/mol. The molecule has 7 nitrogen and oxygen atoms in total. The molecule has 2 heterocycles. The van der Waals surface area contributed by atoms with Gasteiger partial charge in [-0.2, -0.15) is 5.10 Å². The number of amides is 2. The van der Waals surface area contributed by atoms with Crippen LogP contribution in [-0.2, 0) is 0 Å². The van der Waals surface area contributed by atoms with Crippen molar-refractivity contribution in [3.63, 3.8) is 0 Å². The molecule has 2 amide bonds. The second-order valence-electron chi connectivity index (χ2n) is 10.0. The summed E-state index contributed by atoms with van der Waals surface area (Å²) in [6.45, 7) is 9.60. The normalized spacial score (nSPS) is 19.3. The molecule has 1 aliphatic carbocycles. The second-order valence-corrected chi connectivity index (χ2v) is 10.0. The Balaban J connectivity index is 1.65. The summed E-state index contributed by atoms with van der Waals surface area (Å²) in [6.07, 6.45) is 7.66. The van der Waals surface area contributed by atoms with Gasteiger partial charge in [-0.15, -0.1) is 0 Å². The molecule has 4 rings (SSSR count). The molecular weight excluding hydrogens is 426 g/mol. The second kappa shape index (κ2) is 9.49. The molecule has 0 spiro atoms. The van der Waals surface area contributed by atoms with Crippen LogP contribution in [0.3, 0.4) is 0 Å². The molecule has 0 bridgehead atoms. The van der Waals surface area contributed by atoms with E-state index in [0.29, 0.717) is 23.6 Å². The SMILES string of the molecule is CCCCNC(=O)c1ccc(-c2cc3c(N[C@@H]4CCC(C)C4(C)C)c(C(N)=O)cnn3c2)cc1. The lowest BCUT2D eigenvalue weighted by Gasteiger charge is -2.33. The number of aromatic nitrogens is 2. The molecule has 1 unspecified atom stereocenters. The summed E-state index contributed by atoms with van der Waals surface area (Å²) in [7, 11) is 0. The third-order valence-electron chi connectivity index (χ3n) is 7.57. The van der Waals surface area contributed by atoms with Crippen LogP contribution in [0, 0.1) is 11.3 Å². The van der Waals surface area contributed by atoms with Gasteiger partial charge in [0.15, 0.2) is 0 Å². The lowest BCUT2D eigenvalue weighted by atomic mass is 9.80. The zero-order valence-corrected chi connectivity index (χ0v) is 20.5. The van der Waals surface area contributed by atoms with E-state index in [2.05, 4.69) is 43.4 Å². The Morgan fingerprint density at radius 1 is 1.18 bits per heavy atom. The maximum absolute atomic E-state index is 12.3. The van der Waals surface area contributed by atoms with E-state index in [1.165, 1.54) is 6.20 Å². The van der Waals surface area contributed by atoms with E-state index in [9.17, 15) is 9.59 Å². The Bertz CT molecular complexity index is 1200. The largest absolute Gasteiger partial charge is 0.379 e. The third-order valence-corrected chi connectivity index (χ3v) is 7.57. The van der Waals surface area contributed by atoms with Crippen molar-refractivity contribution in [2.24, 2.45) is 17.1 Å². The number of unbranched alkanes of at least 4 members (excludes halogenated alkanes) is 1. The average molecular weight is 462 g/mol. The van der Waals surface area contributed by atoms with Crippen LogP contribution in [0.15, 0.2) is 42.7 Å². The van der Waals surface area contributed by atoms with Crippen LogP contribution in [-0.4, -0.2) is 34.0 Å². The summed E-state index contributed by atoms with van der Waals surface area (Å²) < 4.78 is 1.78. The number of carbonyl (C=O) groups is 2. The van der Waals surface area contributed by atoms with E-state index in [4.69, 9.17) is 5.73 Å². The van der Waals surface area contributed by atoms with Crippen LogP contribution >= 0.6 is 0 Å². The molecule has 2 aromatic heterocycles. The highest BCUT2D eigenvalue weighted by molar-refractivity contribution is 6.02. The number of rotatable bonds is 8. The van der Waals surface area contributed by atoms with Crippen LogP contribution in [0.5, 0.6) is 0 Å². The molecule has 7 heteroatoms. The topological polar surface area (TPSA) is 102 Å². The minimum absolute atomic E-state index is 0.0605. The summed E-state index contributed by atoms with van der Waals surface area (Å²) in [4.78, 5) is 24.5. The van der Waals surface area contributed by atoms with Crippen molar-refractivity contribution in [1.82, 2.24) is 14.9 Å². The summed E-state index contributed by atoms with van der Waals surface area (Å²) in [5, 5.41) is 11.0. The highest BCUT2D eigenvalue weighted by Crippen LogP contribution is 2.44. The molecule has 1 aromatic carbocycles. The van der Waals surface area contributed by atoms with Crippen LogP contribution in [0.4, 0.5) is 5.69 Å². The van der Waals surface area contributed by atoms with E-state index in [-0.39, 0.29) is 17.4 Å². The molecule has 0 aliphatic heterocycles. The Hall–Kier alpha value is -3.35. The molecule has 1 fully saturated rings. The van der Waals surface area contributed by atoms with Gasteiger partial charge in [-0.05, 0) is 54.4 Å². The van der Waals surface area contributed by atoms with Gasteiger partial charge in [0.05, 0.1) is 23.0 Å². The van der Waals surface area contributed by atoms with Crippen molar-refractivity contribution < 1.29 is 9.59 Å². The Morgan fingerprint density at radius 2 is 1.91 bits per heavy atom. The number of nitrogens with one attached hydrogen (secondary N) is 2. The van der Waals surface area contributed by atoms with Crippen molar-refractivity contribution in [3.05, 3.63) is 53.9 Å². The van der Waals surface area contributed by atoms with Gasteiger partial charge in [0.2, 0.25) is 0 Å². The number of anilines is 1. The molecule has 0 saturated heterocycles. The molecule has 34 heavy (non-hydrogen) atoms. The van der Waals surface area contributed by atoms with Crippen LogP contribution in [0.2, 0.25) is 0 Å². The quantitative estimate of drug-likeness (QED) is 0.417. The maximum Gasteiger partial charge on any atom is 0.252 e. The van der Waals surface area contributed by atoms with Gasteiger partial charge in [0.1, 0.15) is 0 Å². The molecule has 2 atom stereocenters. The summed E-state index contributed by atoms with van der Waals surface area (Å²) in [6, 6.07) is 9.80. The maximum atomic E-state index is 12.3. The van der Waals surface area contributed by atoms with Gasteiger partial charge < -0.3 is 16.4 Å². The predicted octanol–water partition coefficient (Wildman–Crippen LogP) is 4.87. The fourth-order valence-electron chi connectivity index (χ4n) is 4.78. The van der Waals surface area contributed by atoms with Crippen LogP contribution in [0.1, 0.15) is 74.1 Å². The van der Waals surface area contributed by atoms with E-state index < -0.39 is 5.91 Å². The van der Waals surface area contributed by atoms with Crippen molar-refractivity contribution in [3.8, 4) is 11.1 Å². The van der Waals surface area contributed by atoms with Crippen molar-refractivity contribution in [1.29, 1.82) is 0 Å². The Kier molecular flexibility index (Phi) is 6.64.